The molecule has 3 amide bonds. The maximum atomic E-state index is 13.2. The summed E-state index contributed by atoms with van der Waals surface area (Å²) in [6.45, 7) is 1.42. The van der Waals surface area contributed by atoms with Gasteiger partial charge in [-0.1, -0.05) is 18.2 Å². The smallest absolute Gasteiger partial charge is 0.339 e. The van der Waals surface area contributed by atoms with Crippen LogP contribution in [-0.2, 0) is 12.4 Å². The number of anilines is 2. The number of rotatable bonds is 5. The summed E-state index contributed by atoms with van der Waals surface area (Å²) in [5, 5.41) is 18.3. The summed E-state index contributed by atoms with van der Waals surface area (Å²) in [7, 11) is 0. The lowest BCUT2D eigenvalue weighted by Gasteiger charge is -2.26. The van der Waals surface area contributed by atoms with E-state index >= 15 is 0 Å². The van der Waals surface area contributed by atoms with Gasteiger partial charge in [0.2, 0.25) is 5.82 Å². The van der Waals surface area contributed by atoms with Gasteiger partial charge >= 0.3 is 18.4 Å². The van der Waals surface area contributed by atoms with Crippen LogP contribution in [0.3, 0.4) is 0 Å². The van der Waals surface area contributed by atoms with Crippen molar-refractivity contribution in [2.24, 2.45) is 0 Å². The SMILES string of the molecule is O=C(Nc1cc(C(F)(F)F)cc(C(F)(F)F)c1)Nc1ccc(-c2ccc(C(=O)N3CCCCC3)cc2)c(-c2nn[nH]n2)c1. The number of hydrogen-bond donors (Lipinski definition) is 3. The largest absolute Gasteiger partial charge is 0.416 e. The van der Waals surface area contributed by atoms with Gasteiger partial charge in [-0.15, -0.1) is 10.2 Å². The number of alkyl halides is 6. The Morgan fingerprint density at radius 1 is 0.744 bits per heavy atom. The molecule has 1 fully saturated rings. The van der Waals surface area contributed by atoms with E-state index in [1.807, 2.05) is 10.2 Å². The van der Waals surface area contributed by atoms with Crippen molar-refractivity contribution in [2.75, 3.05) is 23.7 Å². The molecular weight excluding hydrogens is 580 g/mol. The fourth-order valence-corrected chi connectivity index (χ4v) is 4.73. The molecule has 0 aliphatic carbocycles. The van der Waals surface area contributed by atoms with E-state index in [1.54, 1.807) is 30.3 Å². The first kappa shape index (κ1) is 29.5. The van der Waals surface area contributed by atoms with Gasteiger partial charge in [-0.3, -0.25) is 4.79 Å². The van der Waals surface area contributed by atoms with E-state index in [-0.39, 0.29) is 23.5 Å². The van der Waals surface area contributed by atoms with Crippen LogP contribution < -0.4 is 10.6 Å². The van der Waals surface area contributed by atoms with Gasteiger partial charge in [0.05, 0.1) is 11.1 Å². The van der Waals surface area contributed by atoms with E-state index in [0.717, 1.165) is 19.3 Å². The molecule has 1 saturated heterocycles. The zero-order chi connectivity index (χ0) is 30.8. The summed E-state index contributed by atoms with van der Waals surface area (Å²) < 4.78 is 79.1. The third kappa shape index (κ3) is 6.93. The predicted molar refractivity (Wildman–Crippen MR) is 144 cm³/mol. The summed E-state index contributed by atoms with van der Waals surface area (Å²) in [5.41, 5.74) is -1.46. The number of tetrazole rings is 1. The molecular formula is C28H23F6N7O2. The third-order valence-electron chi connectivity index (χ3n) is 6.80. The minimum absolute atomic E-state index is 0.0326. The Morgan fingerprint density at radius 2 is 1.37 bits per heavy atom. The molecule has 3 N–H and O–H groups in total. The highest BCUT2D eigenvalue weighted by Crippen LogP contribution is 2.38. The van der Waals surface area contributed by atoms with Gasteiger partial charge in [0.25, 0.3) is 5.91 Å². The molecule has 4 aromatic rings. The average Bonchev–Trinajstić information content (AvgIpc) is 3.51. The van der Waals surface area contributed by atoms with Crippen LogP contribution in [0.2, 0.25) is 0 Å². The Bertz CT molecular complexity index is 1580. The number of carbonyl (C=O) groups excluding carboxylic acids is 2. The van der Waals surface area contributed by atoms with Crippen molar-refractivity contribution in [3.8, 4) is 22.5 Å². The molecule has 1 aliphatic heterocycles. The number of likely N-dealkylation sites (tertiary alicyclic amines) is 1. The maximum Gasteiger partial charge on any atom is 0.416 e. The average molecular weight is 604 g/mol. The number of aromatic amines is 1. The lowest BCUT2D eigenvalue weighted by atomic mass is 9.97. The summed E-state index contributed by atoms with van der Waals surface area (Å²) in [5.74, 6) is 0.0959. The van der Waals surface area contributed by atoms with Crippen LogP contribution in [-0.4, -0.2) is 50.6 Å². The molecule has 43 heavy (non-hydrogen) atoms. The number of hydrogen-bond acceptors (Lipinski definition) is 5. The van der Waals surface area contributed by atoms with Crippen molar-refractivity contribution in [1.82, 2.24) is 25.5 Å². The number of carbonyl (C=O) groups is 2. The molecule has 5 rings (SSSR count). The fourth-order valence-electron chi connectivity index (χ4n) is 4.73. The normalized spacial score (nSPS) is 14.0. The van der Waals surface area contributed by atoms with Crippen molar-refractivity contribution >= 4 is 23.3 Å². The number of aromatic nitrogens is 4. The summed E-state index contributed by atoms with van der Waals surface area (Å²) in [6, 6.07) is 11.2. The molecule has 1 aromatic heterocycles. The molecule has 224 valence electrons. The molecule has 0 unspecified atom stereocenters. The predicted octanol–water partition coefficient (Wildman–Crippen LogP) is 6.84. The van der Waals surface area contributed by atoms with Crippen LogP contribution in [0.5, 0.6) is 0 Å². The molecule has 0 saturated carbocycles. The first-order valence-electron chi connectivity index (χ1n) is 13.0. The highest BCUT2D eigenvalue weighted by molar-refractivity contribution is 6.01. The van der Waals surface area contributed by atoms with Crippen LogP contribution >= 0.6 is 0 Å². The quantitative estimate of drug-likeness (QED) is 0.216. The van der Waals surface area contributed by atoms with Crippen LogP contribution in [0.1, 0.15) is 40.7 Å². The minimum Gasteiger partial charge on any atom is -0.339 e. The van der Waals surface area contributed by atoms with Gasteiger partial charge in [0.1, 0.15) is 0 Å². The summed E-state index contributed by atoms with van der Waals surface area (Å²) >= 11 is 0. The standard InChI is InChI=1S/C28H23F6N7O2/c29-27(30,31)18-12-19(28(32,33)34)14-21(13-18)36-26(43)35-20-8-9-22(23(15-20)24-37-39-40-38-24)16-4-6-17(7-5-16)25(42)41-10-2-1-3-11-41/h4-9,12-15H,1-3,10-11H2,(H2,35,36,43)(H,37,38,39,40). The molecule has 3 aromatic carbocycles. The van der Waals surface area contributed by atoms with Gasteiger partial charge < -0.3 is 15.5 Å². The van der Waals surface area contributed by atoms with Crippen LogP contribution in [0.4, 0.5) is 42.5 Å². The molecule has 0 atom stereocenters. The zero-order valence-electron chi connectivity index (χ0n) is 22.2. The highest BCUT2D eigenvalue weighted by atomic mass is 19.4. The molecule has 0 bridgehead atoms. The van der Waals surface area contributed by atoms with Crippen molar-refractivity contribution in [3.05, 3.63) is 77.4 Å². The number of H-pyrrole nitrogens is 1. The summed E-state index contributed by atoms with van der Waals surface area (Å²) in [6.07, 6.45) is -7.11. The van der Waals surface area contributed by atoms with Gasteiger partial charge in [-0.25, -0.2) is 4.79 Å². The van der Waals surface area contributed by atoms with Crippen LogP contribution in [0.25, 0.3) is 22.5 Å². The van der Waals surface area contributed by atoms with E-state index in [1.165, 1.54) is 12.1 Å². The van der Waals surface area contributed by atoms with Crippen molar-refractivity contribution in [3.63, 3.8) is 0 Å². The van der Waals surface area contributed by atoms with E-state index in [9.17, 15) is 35.9 Å². The van der Waals surface area contributed by atoms with Crippen molar-refractivity contribution in [1.29, 1.82) is 0 Å². The van der Waals surface area contributed by atoms with E-state index in [0.29, 0.717) is 47.5 Å². The third-order valence-corrected chi connectivity index (χ3v) is 6.80. The Morgan fingerprint density at radius 3 is 1.95 bits per heavy atom. The van der Waals surface area contributed by atoms with Crippen molar-refractivity contribution < 1.29 is 35.9 Å². The maximum absolute atomic E-state index is 13.2. The second-order valence-electron chi connectivity index (χ2n) is 9.80. The Balaban J connectivity index is 1.38. The molecule has 0 spiro atoms. The first-order valence-corrected chi connectivity index (χ1v) is 13.0. The number of piperidine rings is 1. The molecule has 15 heteroatoms. The van der Waals surface area contributed by atoms with Crippen LogP contribution in [0.15, 0.2) is 60.7 Å². The van der Waals surface area contributed by atoms with E-state index < -0.39 is 35.2 Å². The number of halogens is 6. The lowest BCUT2D eigenvalue weighted by molar-refractivity contribution is -0.143. The first-order chi connectivity index (χ1) is 20.4. The number of nitrogens with zero attached hydrogens (tertiary/aromatic N) is 4. The minimum atomic E-state index is -5.07. The second-order valence-corrected chi connectivity index (χ2v) is 9.80. The number of amides is 3. The Kier molecular flexibility index (Phi) is 8.06. The molecule has 9 nitrogen and oxygen atoms in total. The van der Waals surface area contributed by atoms with E-state index in [2.05, 4.69) is 25.9 Å². The van der Waals surface area contributed by atoms with Crippen molar-refractivity contribution in [2.45, 2.75) is 31.6 Å². The Hall–Kier alpha value is -4.95. The molecule has 1 aliphatic rings. The number of benzene rings is 3. The summed E-state index contributed by atoms with van der Waals surface area (Å²) in [4.78, 5) is 27.3. The topological polar surface area (TPSA) is 116 Å². The monoisotopic (exact) mass is 603 g/mol. The lowest BCUT2D eigenvalue weighted by Crippen LogP contribution is -2.35. The second kappa shape index (κ2) is 11.7. The van der Waals surface area contributed by atoms with Gasteiger partial charge in [0.15, 0.2) is 0 Å². The number of nitrogens with one attached hydrogen (secondary N) is 3. The van der Waals surface area contributed by atoms with Gasteiger partial charge in [0, 0.05) is 35.6 Å². The molecule has 2 heterocycles. The molecule has 0 radical (unpaired) electrons. The fraction of sp³-hybridized carbons (Fsp3) is 0.250. The number of urea groups is 1. The van der Waals surface area contributed by atoms with Crippen LogP contribution in [0, 0.1) is 0 Å². The zero-order valence-corrected chi connectivity index (χ0v) is 22.2. The van der Waals surface area contributed by atoms with E-state index in [4.69, 9.17) is 0 Å². The highest BCUT2D eigenvalue weighted by Gasteiger charge is 2.37. The van der Waals surface area contributed by atoms with Gasteiger partial charge in [-0.05, 0) is 78.1 Å². The Labute approximate surface area is 240 Å². The van der Waals surface area contributed by atoms with Gasteiger partial charge in [-0.2, -0.15) is 31.6 Å².